The highest BCUT2D eigenvalue weighted by atomic mass is 127. The van der Waals surface area contributed by atoms with Gasteiger partial charge in [0.05, 0.1) is 0 Å². The van der Waals surface area contributed by atoms with Gasteiger partial charge in [0.15, 0.2) is 0 Å². The largest absolute Gasteiger partial charge is 0.374 e. The Kier molecular flexibility index (Phi) is 5.45. The summed E-state index contributed by atoms with van der Waals surface area (Å²) >= 11 is 2.26. The molecule has 22 heavy (non-hydrogen) atoms. The second-order valence-corrected chi connectivity index (χ2v) is 6.88. The number of amides is 1. The maximum Gasteiger partial charge on any atom is 0.246 e. The van der Waals surface area contributed by atoms with E-state index in [-0.39, 0.29) is 11.9 Å². The number of nitrogens with one attached hydrogen (secondary N) is 2. The molecule has 4 heteroatoms. The van der Waals surface area contributed by atoms with Gasteiger partial charge in [-0.15, -0.1) is 0 Å². The maximum atomic E-state index is 12.4. The van der Waals surface area contributed by atoms with Gasteiger partial charge in [-0.25, -0.2) is 0 Å². The van der Waals surface area contributed by atoms with Crippen LogP contribution in [0.1, 0.15) is 23.6 Å². The fraction of sp³-hybridized carbons (Fsp3) is 0.278. The predicted octanol–water partition coefficient (Wildman–Crippen LogP) is 4.66. The standard InChI is InChI=1S/C18H21IN2O/c1-11-8-12(2)17(13(3)9-11)21-18(22)14(4)20-16-7-5-6-15(19)10-16/h5-10,14,20H,1-4H3,(H,21,22)/t14-/m0/s1. The van der Waals surface area contributed by atoms with E-state index in [1.54, 1.807) is 0 Å². The molecule has 2 aromatic rings. The Morgan fingerprint density at radius 2 is 1.73 bits per heavy atom. The van der Waals surface area contributed by atoms with E-state index in [0.717, 1.165) is 26.1 Å². The Labute approximate surface area is 145 Å². The minimum absolute atomic E-state index is 0.0334. The van der Waals surface area contributed by atoms with Crippen LogP contribution in [0.4, 0.5) is 11.4 Å². The fourth-order valence-corrected chi connectivity index (χ4v) is 3.05. The molecule has 0 fully saturated rings. The van der Waals surface area contributed by atoms with Gasteiger partial charge in [0, 0.05) is 14.9 Å². The molecule has 116 valence electrons. The third-order valence-electron chi connectivity index (χ3n) is 3.53. The number of anilines is 2. The summed E-state index contributed by atoms with van der Waals surface area (Å²) in [5, 5.41) is 6.27. The Morgan fingerprint density at radius 3 is 2.32 bits per heavy atom. The molecule has 0 spiro atoms. The Morgan fingerprint density at radius 1 is 1.09 bits per heavy atom. The monoisotopic (exact) mass is 408 g/mol. The number of carbonyl (C=O) groups excluding carboxylic acids is 1. The van der Waals surface area contributed by atoms with Crippen LogP contribution in [-0.2, 0) is 4.79 Å². The lowest BCUT2D eigenvalue weighted by molar-refractivity contribution is -0.116. The second-order valence-electron chi connectivity index (χ2n) is 5.64. The first kappa shape index (κ1) is 16.8. The van der Waals surface area contributed by atoms with Crippen molar-refractivity contribution in [1.82, 2.24) is 0 Å². The number of benzene rings is 2. The first-order chi connectivity index (χ1) is 10.4. The molecule has 0 saturated carbocycles. The Balaban J connectivity index is 2.09. The van der Waals surface area contributed by atoms with Crippen molar-refractivity contribution in [3.05, 3.63) is 56.7 Å². The summed E-state index contributed by atoms with van der Waals surface area (Å²) in [5.74, 6) is -0.0334. The van der Waals surface area contributed by atoms with Crippen LogP contribution in [0.5, 0.6) is 0 Å². The van der Waals surface area contributed by atoms with Gasteiger partial charge in [-0.2, -0.15) is 0 Å². The highest BCUT2D eigenvalue weighted by Crippen LogP contribution is 2.22. The number of aryl methyl sites for hydroxylation is 3. The van der Waals surface area contributed by atoms with E-state index < -0.39 is 0 Å². The van der Waals surface area contributed by atoms with E-state index in [1.165, 1.54) is 5.56 Å². The van der Waals surface area contributed by atoms with Gasteiger partial charge in [0.25, 0.3) is 0 Å². The smallest absolute Gasteiger partial charge is 0.246 e. The first-order valence-corrected chi connectivity index (χ1v) is 8.35. The number of halogens is 1. The fourth-order valence-electron chi connectivity index (χ4n) is 2.50. The summed E-state index contributed by atoms with van der Waals surface area (Å²) in [6.07, 6.45) is 0. The summed E-state index contributed by atoms with van der Waals surface area (Å²) in [6.45, 7) is 7.97. The number of hydrogen-bond donors (Lipinski definition) is 2. The highest BCUT2D eigenvalue weighted by Gasteiger charge is 2.15. The van der Waals surface area contributed by atoms with Crippen molar-refractivity contribution in [2.24, 2.45) is 0 Å². The summed E-state index contributed by atoms with van der Waals surface area (Å²) < 4.78 is 1.14. The SMILES string of the molecule is Cc1cc(C)c(NC(=O)[C@H](C)Nc2cccc(I)c2)c(C)c1. The summed E-state index contributed by atoms with van der Waals surface area (Å²) in [5.41, 5.74) is 5.25. The molecular weight excluding hydrogens is 387 g/mol. The first-order valence-electron chi connectivity index (χ1n) is 7.27. The Bertz CT molecular complexity index is 674. The summed E-state index contributed by atoms with van der Waals surface area (Å²) in [4.78, 5) is 12.4. The molecule has 0 radical (unpaired) electrons. The highest BCUT2D eigenvalue weighted by molar-refractivity contribution is 14.1. The van der Waals surface area contributed by atoms with Crippen molar-refractivity contribution >= 4 is 39.9 Å². The van der Waals surface area contributed by atoms with Crippen LogP contribution in [0.2, 0.25) is 0 Å². The van der Waals surface area contributed by atoms with Crippen LogP contribution < -0.4 is 10.6 Å². The molecule has 1 amide bonds. The molecule has 0 bridgehead atoms. The third-order valence-corrected chi connectivity index (χ3v) is 4.20. The minimum atomic E-state index is -0.307. The van der Waals surface area contributed by atoms with Crippen molar-refractivity contribution in [3.8, 4) is 0 Å². The zero-order chi connectivity index (χ0) is 16.3. The minimum Gasteiger partial charge on any atom is -0.374 e. The molecule has 2 N–H and O–H groups in total. The van der Waals surface area contributed by atoms with E-state index >= 15 is 0 Å². The lowest BCUT2D eigenvalue weighted by Gasteiger charge is -2.18. The van der Waals surface area contributed by atoms with Crippen LogP contribution in [0, 0.1) is 24.3 Å². The molecule has 0 aromatic heterocycles. The lowest BCUT2D eigenvalue weighted by Crippen LogP contribution is -2.32. The molecule has 2 rings (SSSR count). The quantitative estimate of drug-likeness (QED) is 0.723. The zero-order valence-electron chi connectivity index (χ0n) is 13.3. The molecule has 0 heterocycles. The molecule has 0 aliphatic heterocycles. The summed E-state index contributed by atoms with van der Waals surface area (Å²) in [7, 11) is 0. The van der Waals surface area contributed by atoms with Crippen LogP contribution >= 0.6 is 22.6 Å². The van der Waals surface area contributed by atoms with Crippen molar-refractivity contribution in [2.75, 3.05) is 10.6 Å². The molecule has 0 aliphatic rings. The third kappa shape index (κ3) is 4.22. The average molecular weight is 408 g/mol. The Hall–Kier alpha value is -1.56. The molecule has 0 unspecified atom stereocenters. The van der Waals surface area contributed by atoms with Gasteiger partial charge < -0.3 is 10.6 Å². The summed E-state index contributed by atoms with van der Waals surface area (Å²) in [6, 6.07) is 11.8. The molecule has 0 saturated heterocycles. The van der Waals surface area contributed by atoms with Gasteiger partial charge in [0.1, 0.15) is 6.04 Å². The molecular formula is C18H21IN2O. The van der Waals surface area contributed by atoms with Crippen molar-refractivity contribution in [2.45, 2.75) is 33.7 Å². The zero-order valence-corrected chi connectivity index (χ0v) is 15.5. The van der Waals surface area contributed by atoms with E-state index in [2.05, 4.69) is 52.3 Å². The number of carbonyl (C=O) groups is 1. The van der Waals surface area contributed by atoms with Crippen LogP contribution in [0.15, 0.2) is 36.4 Å². The number of rotatable bonds is 4. The van der Waals surface area contributed by atoms with Crippen LogP contribution in [-0.4, -0.2) is 11.9 Å². The average Bonchev–Trinajstić information content (AvgIpc) is 2.42. The van der Waals surface area contributed by atoms with Gasteiger partial charge >= 0.3 is 0 Å². The topological polar surface area (TPSA) is 41.1 Å². The molecule has 3 nitrogen and oxygen atoms in total. The lowest BCUT2D eigenvalue weighted by atomic mass is 10.0. The number of hydrogen-bond acceptors (Lipinski definition) is 2. The van der Waals surface area contributed by atoms with E-state index in [0.29, 0.717) is 0 Å². The normalized spacial score (nSPS) is 11.9. The van der Waals surface area contributed by atoms with E-state index in [9.17, 15) is 4.79 Å². The molecule has 2 aromatic carbocycles. The van der Waals surface area contributed by atoms with Crippen LogP contribution in [0.3, 0.4) is 0 Å². The predicted molar refractivity (Wildman–Crippen MR) is 102 cm³/mol. The van der Waals surface area contributed by atoms with Crippen LogP contribution in [0.25, 0.3) is 0 Å². The van der Waals surface area contributed by atoms with Crippen molar-refractivity contribution < 1.29 is 4.79 Å². The van der Waals surface area contributed by atoms with Gasteiger partial charge in [-0.3, -0.25) is 4.79 Å². The maximum absolute atomic E-state index is 12.4. The van der Waals surface area contributed by atoms with E-state index in [4.69, 9.17) is 0 Å². The molecule has 1 atom stereocenters. The molecule has 0 aliphatic carbocycles. The van der Waals surface area contributed by atoms with Gasteiger partial charge in [0.2, 0.25) is 5.91 Å². The second kappa shape index (κ2) is 7.13. The van der Waals surface area contributed by atoms with Gasteiger partial charge in [-0.1, -0.05) is 23.8 Å². The van der Waals surface area contributed by atoms with E-state index in [1.807, 2.05) is 45.0 Å². The van der Waals surface area contributed by atoms with Gasteiger partial charge in [-0.05, 0) is 79.6 Å². The van der Waals surface area contributed by atoms with Crippen molar-refractivity contribution in [3.63, 3.8) is 0 Å². The van der Waals surface area contributed by atoms with Crippen molar-refractivity contribution in [1.29, 1.82) is 0 Å².